The average Bonchev–Trinajstić information content (AvgIpc) is 2.46. The third-order valence-electron chi connectivity index (χ3n) is 5.13. The fourth-order valence-corrected chi connectivity index (χ4v) is 3.11. The molecule has 0 spiro atoms. The zero-order valence-electron chi connectivity index (χ0n) is 13.3. The van der Waals surface area contributed by atoms with Gasteiger partial charge in [-0.25, -0.2) is 13.2 Å². The molecule has 1 atom stereocenters. The van der Waals surface area contributed by atoms with Gasteiger partial charge in [-0.2, -0.15) is 0 Å². The van der Waals surface area contributed by atoms with Gasteiger partial charge in [-0.1, -0.05) is 40.5 Å². The quantitative estimate of drug-likeness (QED) is 0.579. The molecule has 0 aliphatic carbocycles. The van der Waals surface area contributed by atoms with E-state index in [-0.39, 0.29) is 16.9 Å². The first-order valence-corrected chi connectivity index (χ1v) is 7.38. The van der Waals surface area contributed by atoms with Gasteiger partial charge in [-0.05, 0) is 48.3 Å². The van der Waals surface area contributed by atoms with Crippen LogP contribution in [0.1, 0.15) is 69.6 Å². The van der Waals surface area contributed by atoms with Gasteiger partial charge in [-0.3, -0.25) is 0 Å². The molecule has 0 nitrogen and oxygen atoms in total. The van der Waals surface area contributed by atoms with Crippen LogP contribution in [0.15, 0.2) is 0 Å². The van der Waals surface area contributed by atoms with Gasteiger partial charge in [0.15, 0.2) is 17.5 Å². The Morgan fingerprint density at radius 2 is 1.35 bits per heavy atom. The summed E-state index contributed by atoms with van der Waals surface area (Å²) < 4.78 is 41.7. The van der Waals surface area contributed by atoms with Crippen molar-refractivity contribution in [3.8, 4) is 0 Å². The highest BCUT2D eigenvalue weighted by Gasteiger charge is 2.35. The normalized spacial score (nSPS) is 13.7. The Hall–Kier alpha value is -0.990. The van der Waals surface area contributed by atoms with E-state index >= 15 is 0 Å². The zero-order chi connectivity index (χ0) is 15.7. The summed E-state index contributed by atoms with van der Waals surface area (Å²) in [6, 6.07) is 0. The van der Waals surface area contributed by atoms with Crippen LogP contribution in [0.25, 0.3) is 0 Å². The fraction of sp³-hybridized carbons (Fsp3) is 0.647. The summed E-state index contributed by atoms with van der Waals surface area (Å²) in [6.45, 7) is 11.4. The number of halogens is 3. The molecule has 0 heterocycles. The molecule has 1 unspecified atom stereocenters. The summed E-state index contributed by atoms with van der Waals surface area (Å²) in [7, 11) is 0. The van der Waals surface area contributed by atoms with Crippen molar-refractivity contribution in [2.75, 3.05) is 0 Å². The number of hydrogen-bond acceptors (Lipinski definition) is 0. The highest BCUT2D eigenvalue weighted by Crippen LogP contribution is 2.46. The Morgan fingerprint density at radius 3 is 1.75 bits per heavy atom. The molecule has 0 amide bonds. The summed E-state index contributed by atoms with van der Waals surface area (Å²) >= 11 is 0. The lowest BCUT2D eigenvalue weighted by Gasteiger charge is -2.37. The highest BCUT2D eigenvalue weighted by molar-refractivity contribution is 5.39. The van der Waals surface area contributed by atoms with Gasteiger partial charge >= 0.3 is 0 Å². The zero-order valence-corrected chi connectivity index (χ0v) is 13.3. The molecule has 0 aromatic heterocycles. The van der Waals surface area contributed by atoms with Crippen molar-refractivity contribution in [1.29, 1.82) is 0 Å². The number of benzene rings is 1. The molecule has 0 bridgehead atoms. The molecule has 0 aliphatic rings. The van der Waals surface area contributed by atoms with Crippen LogP contribution in [0.4, 0.5) is 13.2 Å². The third-order valence-corrected chi connectivity index (χ3v) is 5.13. The average molecular weight is 286 g/mol. The molecule has 114 valence electrons. The molecule has 1 aromatic carbocycles. The van der Waals surface area contributed by atoms with E-state index in [0.29, 0.717) is 17.5 Å². The van der Waals surface area contributed by atoms with Gasteiger partial charge in [0.25, 0.3) is 0 Å². The van der Waals surface area contributed by atoms with Gasteiger partial charge < -0.3 is 0 Å². The Bertz CT molecular complexity index is 458. The molecule has 0 saturated carbocycles. The summed E-state index contributed by atoms with van der Waals surface area (Å²) in [5.41, 5.74) is 1.00. The minimum absolute atomic E-state index is 0.105. The standard InChI is InChI=1S/C17H25F3/c1-7-12(17(6,8-2)9-3)13-10(4)11(5)14(18)16(20)15(13)19/h12H,7-9H2,1-6H3. The van der Waals surface area contributed by atoms with Crippen molar-refractivity contribution in [2.45, 2.75) is 66.7 Å². The topological polar surface area (TPSA) is 0 Å². The molecular weight excluding hydrogens is 261 g/mol. The predicted molar refractivity (Wildman–Crippen MR) is 77.5 cm³/mol. The van der Waals surface area contributed by atoms with Crippen molar-refractivity contribution in [3.63, 3.8) is 0 Å². The van der Waals surface area contributed by atoms with Crippen LogP contribution in [0.3, 0.4) is 0 Å². The van der Waals surface area contributed by atoms with Crippen LogP contribution in [0.5, 0.6) is 0 Å². The number of hydrogen-bond donors (Lipinski definition) is 0. The molecule has 0 aliphatic heterocycles. The molecule has 0 N–H and O–H groups in total. The van der Waals surface area contributed by atoms with E-state index in [2.05, 4.69) is 20.8 Å². The molecule has 0 radical (unpaired) electrons. The van der Waals surface area contributed by atoms with E-state index < -0.39 is 17.5 Å². The van der Waals surface area contributed by atoms with E-state index in [1.165, 1.54) is 6.92 Å². The van der Waals surface area contributed by atoms with Crippen molar-refractivity contribution in [1.82, 2.24) is 0 Å². The maximum absolute atomic E-state index is 14.3. The molecule has 1 aromatic rings. The molecule has 0 fully saturated rings. The fourth-order valence-electron chi connectivity index (χ4n) is 3.11. The van der Waals surface area contributed by atoms with Crippen LogP contribution in [-0.4, -0.2) is 0 Å². The SMILES string of the molecule is CCC(c1c(C)c(C)c(F)c(F)c1F)C(C)(CC)CC. The largest absolute Gasteiger partial charge is 0.203 e. The molecule has 20 heavy (non-hydrogen) atoms. The molecule has 3 heteroatoms. The van der Waals surface area contributed by atoms with Crippen molar-refractivity contribution in [3.05, 3.63) is 34.1 Å². The van der Waals surface area contributed by atoms with Crippen molar-refractivity contribution in [2.24, 2.45) is 5.41 Å². The lowest BCUT2D eigenvalue weighted by atomic mass is 9.67. The summed E-state index contributed by atoms with van der Waals surface area (Å²) in [6.07, 6.45) is 2.46. The smallest absolute Gasteiger partial charge is 0.194 e. The Morgan fingerprint density at radius 1 is 0.850 bits per heavy atom. The van der Waals surface area contributed by atoms with E-state index in [1.54, 1.807) is 6.92 Å². The van der Waals surface area contributed by atoms with Crippen LogP contribution >= 0.6 is 0 Å². The molecular formula is C17H25F3. The monoisotopic (exact) mass is 286 g/mol. The lowest BCUT2D eigenvalue weighted by Crippen LogP contribution is -2.26. The Kier molecular flexibility index (Phi) is 5.28. The highest BCUT2D eigenvalue weighted by atomic mass is 19.2. The number of rotatable bonds is 5. The lowest BCUT2D eigenvalue weighted by molar-refractivity contribution is 0.218. The van der Waals surface area contributed by atoms with Crippen LogP contribution in [0.2, 0.25) is 0 Å². The maximum Gasteiger partial charge on any atom is 0.194 e. The van der Waals surface area contributed by atoms with Gasteiger partial charge in [0.2, 0.25) is 0 Å². The van der Waals surface area contributed by atoms with E-state index in [4.69, 9.17) is 0 Å². The maximum atomic E-state index is 14.3. The van der Waals surface area contributed by atoms with Crippen LogP contribution in [-0.2, 0) is 0 Å². The second-order valence-corrected chi connectivity index (χ2v) is 5.93. The van der Waals surface area contributed by atoms with E-state index in [9.17, 15) is 13.2 Å². The van der Waals surface area contributed by atoms with Crippen molar-refractivity contribution >= 4 is 0 Å². The summed E-state index contributed by atoms with van der Waals surface area (Å²) in [5.74, 6) is -3.51. The first kappa shape index (κ1) is 17.1. The minimum Gasteiger partial charge on any atom is -0.203 e. The van der Waals surface area contributed by atoms with E-state index in [1.807, 2.05) is 6.92 Å². The van der Waals surface area contributed by atoms with Crippen LogP contribution in [0, 0.1) is 36.7 Å². The van der Waals surface area contributed by atoms with Gasteiger partial charge in [0.05, 0.1) is 0 Å². The third kappa shape index (κ3) is 2.59. The first-order valence-electron chi connectivity index (χ1n) is 7.38. The minimum atomic E-state index is -1.34. The Balaban J connectivity index is 3.60. The second kappa shape index (κ2) is 6.19. The van der Waals surface area contributed by atoms with Crippen LogP contribution < -0.4 is 0 Å². The van der Waals surface area contributed by atoms with Crippen molar-refractivity contribution < 1.29 is 13.2 Å². The molecule has 1 rings (SSSR count). The Labute approximate surface area is 120 Å². The summed E-state index contributed by atoms with van der Waals surface area (Å²) in [4.78, 5) is 0. The summed E-state index contributed by atoms with van der Waals surface area (Å²) in [5, 5.41) is 0. The van der Waals surface area contributed by atoms with E-state index in [0.717, 1.165) is 12.8 Å². The first-order chi connectivity index (χ1) is 9.25. The van der Waals surface area contributed by atoms with Gasteiger partial charge in [0.1, 0.15) is 0 Å². The predicted octanol–water partition coefficient (Wildman–Crippen LogP) is 6.04. The second-order valence-electron chi connectivity index (χ2n) is 5.93. The molecule has 0 saturated heterocycles. The van der Waals surface area contributed by atoms with Gasteiger partial charge in [-0.15, -0.1) is 0 Å². The van der Waals surface area contributed by atoms with Gasteiger partial charge in [0, 0.05) is 0 Å².